The highest BCUT2D eigenvalue weighted by Crippen LogP contribution is 2.33. The van der Waals surface area contributed by atoms with Gasteiger partial charge in [-0.15, -0.1) is 0 Å². The number of aryl methyl sites for hydroxylation is 1. The molecule has 1 heterocycles. The number of fused-ring (bicyclic) bond motifs is 1. The van der Waals surface area contributed by atoms with Crippen LogP contribution >= 0.6 is 11.8 Å². The van der Waals surface area contributed by atoms with Gasteiger partial charge in [-0.3, -0.25) is 0 Å². The number of ether oxygens (including phenoxy) is 1. The van der Waals surface area contributed by atoms with Crippen molar-refractivity contribution in [2.45, 2.75) is 23.9 Å². The molecule has 0 aliphatic rings. The van der Waals surface area contributed by atoms with Crippen LogP contribution in [0.1, 0.15) is 11.1 Å². The van der Waals surface area contributed by atoms with Gasteiger partial charge in [-0.1, -0.05) is 17.8 Å². The quantitative estimate of drug-likeness (QED) is 0.719. The average Bonchev–Trinajstić information content (AvgIpc) is 2.89. The molecule has 0 atom stereocenters. The van der Waals surface area contributed by atoms with Crippen molar-refractivity contribution in [3.8, 4) is 5.75 Å². The molecule has 3 N–H and O–H groups in total. The molecular weight excluding hydrogens is 282 g/mol. The van der Waals surface area contributed by atoms with Crippen LogP contribution in [0.5, 0.6) is 5.75 Å². The minimum atomic E-state index is 0.818. The predicted octanol–water partition coefficient (Wildman–Crippen LogP) is 3.92. The van der Waals surface area contributed by atoms with Crippen molar-refractivity contribution in [1.29, 1.82) is 0 Å². The third-order valence-electron chi connectivity index (χ3n) is 3.56. The number of nitrogens with zero attached hydrogens (tertiary/aromatic N) is 1. The number of rotatable bonds is 3. The summed E-state index contributed by atoms with van der Waals surface area (Å²) in [7, 11) is 1.66. The van der Waals surface area contributed by atoms with Crippen molar-refractivity contribution in [3.05, 3.63) is 41.5 Å². The fourth-order valence-corrected chi connectivity index (χ4v) is 3.11. The maximum atomic E-state index is 6.09. The number of nitrogens with one attached hydrogen (secondary N) is 1. The van der Waals surface area contributed by atoms with E-state index in [2.05, 4.69) is 16.0 Å². The van der Waals surface area contributed by atoms with E-state index in [9.17, 15) is 0 Å². The van der Waals surface area contributed by atoms with Gasteiger partial charge in [0.1, 0.15) is 5.75 Å². The highest BCUT2D eigenvalue weighted by Gasteiger charge is 2.10. The SMILES string of the molecule is COc1ccc2nc(Sc3ccc(C)c(N)c3C)[nH]c2c1. The first-order chi connectivity index (χ1) is 10.1. The fourth-order valence-electron chi connectivity index (χ4n) is 2.20. The molecule has 5 heteroatoms. The molecule has 0 radical (unpaired) electrons. The van der Waals surface area contributed by atoms with Crippen LogP contribution in [-0.4, -0.2) is 17.1 Å². The number of H-pyrrole nitrogens is 1. The van der Waals surface area contributed by atoms with Crippen LogP contribution in [0, 0.1) is 13.8 Å². The standard InChI is InChI=1S/C16H17N3OS/c1-9-4-7-14(10(2)15(9)17)21-16-18-12-6-5-11(20-3)8-13(12)19-16/h4-8H,17H2,1-3H3,(H,18,19). The molecule has 0 amide bonds. The molecule has 0 bridgehead atoms. The van der Waals surface area contributed by atoms with Gasteiger partial charge in [0.2, 0.25) is 0 Å². The maximum absolute atomic E-state index is 6.09. The first-order valence-electron chi connectivity index (χ1n) is 6.66. The van der Waals surface area contributed by atoms with E-state index in [4.69, 9.17) is 10.5 Å². The molecule has 0 aliphatic carbocycles. The Balaban J connectivity index is 1.96. The summed E-state index contributed by atoms with van der Waals surface area (Å²) in [6.45, 7) is 4.06. The molecule has 108 valence electrons. The summed E-state index contributed by atoms with van der Waals surface area (Å²) in [6.07, 6.45) is 0. The number of benzene rings is 2. The Bertz CT molecular complexity index is 811. The highest BCUT2D eigenvalue weighted by atomic mass is 32.2. The van der Waals surface area contributed by atoms with E-state index in [0.717, 1.165) is 43.6 Å². The molecule has 21 heavy (non-hydrogen) atoms. The minimum Gasteiger partial charge on any atom is -0.497 e. The molecule has 0 spiro atoms. The molecule has 0 unspecified atom stereocenters. The summed E-state index contributed by atoms with van der Waals surface area (Å²) in [4.78, 5) is 9.01. The zero-order chi connectivity index (χ0) is 15.0. The molecular formula is C16H17N3OS. The van der Waals surface area contributed by atoms with Crippen LogP contribution in [0.25, 0.3) is 11.0 Å². The van der Waals surface area contributed by atoms with Crippen LogP contribution < -0.4 is 10.5 Å². The smallest absolute Gasteiger partial charge is 0.171 e. The van der Waals surface area contributed by atoms with Crippen LogP contribution in [0.4, 0.5) is 5.69 Å². The summed E-state index contributed by atoms with van der Waals surface area (Å²) in [6, 6.07) is 9.93. The third-order valence-corrected chi connectivity index (χ3v) is 4.61. The first kappa shape index (κ1) is 13.8. The van der Waals surface area contributed by atoms with Crippen LogP contribution in [0.2, 0.25) is 0 Å². The lowest BCUT2D eigenvalue weighted by molar-refractivity contribution is 0.415. The van der Waals surface area contributed by atoms with Gasteiger partial charge in [0.05, 0.1) is 18.1 Å². The Kier molecular flexibility index (Phi) is 3.51. The second-order valence-electron chi connectivity index (χ2n) is 4.95. The van der Waals surface area contributed by atoms with Gasteiger partial charge >= 0.3 is 0 Å². The van der Waals surface area contributed by atoms with E-state index in [0.29, 0.717) is 0 Å². The zero-order valence-electron chi connectivity index (χ0n) is 12.2. The number of anilines is 1. The van der Waals surface area contributed by atoms with Crippen molar-refractivity contribution < 1.29 is 4.74 Å². The monoisotopic (exact) mass is 299 g/mol. The number of aromatic nitrogens is 2. The summed E-state index contributed by atoms with van der Waals surface area (Å²) < 4.78 is 5.23. The fraction of sp³-hybridized carbons (Fsp3) is 0.188. The minimum absolute atomic E-state index is 0.818. The first-order valence-corrected chi connectivity index (χ1v) is 7.47. The van der Waals surface area contributed by atoms with E-state index in [1.165, 1.54) is 0 Å². The van der Waals surface area contributed by atoms with E-state index in [1.807, 2.05) is 38.1 Å². The van der Waals surface area contributed by atoms with Crippen LogP contribution in [-0.2, 0) is 0 Å². The molecule has 1 aromatic heterocycles. The van der Waals surface area contributed by atoms with Gasteiger partial charge in [0.15, 0.2) is 5.16 Å². The van der Waals surface area contributed by atoms with E-state index >= 15 is 0 Å². The zero-order valence-corrected chi connectivity index (χ0v) is 13.0. The summed E-state index contributed by atoms with van der Waals surface area (Å²) >= 11 is 1.59. The van der Waals surface area contributed by atoms with E-state index < -0.39 is 0 Å². The van der Waals surface area contributed by atoms with Crippen LogP contribution in [0.3, 0.4) is 0 Å². The summed E-state index contributed by atoms with van der Waals surface area (Å²) in [5, 5.41) is 0.851. The van der Waals surface area contributed by atoms with Gasteiger partial charge < -0.3 is 15.5 Å². The van der Waals surface area contributed by atoms with Crippen molar-refractivity contribution in [2.75, 3.05) is 12.8 Å². The number of imidazole rings is 1. The molecule has 3 aromatic rings. The van der Waals surface area contributed by atoms with Crippen molar-refractivity contribution in [2.24, 2.45) is 0 Å². The Labute approximate surface area is 127 Å². The van der Waals surface area contributed by atoms with Gasteiger partial charge in [-0.25, -0.2) is 4.98 Å². The Morgan fingerprint density at radius 3 is 2.76 bits per heavy atom. The van der Waals surface area contributed by atoms with Crippen molar-refractivity contribution in [1.82, 2.24) is 9.97 Å². The topological polar surface area (TPSA) is 63.9 Å². The highest BCUT2D eigenvalue weighted by molar-refractivity contribution is 7.99. The molecule has 0 aliphatic heterocycles. The number of hydrogen-bond donors (Lipinski definition) is 2. The molecule has 3 rings (SSSR count). The lowest BCUT2D eigenvalue weighted by Gasteiger charge is -2.08. The van der Waals surface area contributed by atoms with Gasteiger partial charge in [0, 0.05) is 16.6 Å². The Morgan fingerprint density at radius 1 is 1.19 bits per heavy atom. The second-order valence-corrected chi connectivity index (χ2v) is 5.98. The number of nitrogens with two attached hydrogens (primary N) is 1. The molecule has 0 saturated heterocycles. The van der Waals surface area contributed by atoms with E-state index in [1.54, 1.807) is 18.9 Å². The Hall–Kier alpha value is -2.14. The lowest BCUT2D eigenvalue weighted by atomic mass is 10.1. The van der Waals surface area contributed by atoms with Crippen molar-refractivity contribution >= 4 is 28.5 Å². The summed E-state index contributed by atoms with van der Waals surface area (Å²) in [5.74, 6) is 0.818. The van der Waals surface area contributed by atoms with Crippen LogP contribution in [0.15, 0.2) is 40.4 Å². The molecule has 2 aromatic carbocycles. The van der Waals surface area contributed by atoms with Gasteiger partial charge in [-0.05, 0) is 43.2 Å². The van der Waals surface area contributed by atoms with Crippen molar-refractivity contribution in [3.63, 3.8) is 0 Å². The number of nitrogen functional groups attached to an aromatic ring is 1. The third kappa shape index (κ3) is 2.56. The average molecular weight is 299 g/mol. The largest absolute Gasteiger partial charge is 0.497 e. The molecule has 0 fully saturated rings. The number of aromatic amines is 1. The number of methoxy groups -OCH3 is 1. The number of hydrogen-bond acceptors (Lipinski definition) is 4. The predicted molar refractivity (Wildman–Crippen MR) is 87.1 cm³/mol. The van der Waals surface area contributed by atoms with Gasteiger partial charge in [-0.2, -0.15) is 0 Å². The normalized spacial score (nSPS) is 11.0. The van der Waals surface area contributed by atoms with Gasteiger partial charge in [0.25, 0.3) is 0 Å². The van der Waals surface area contributed by atoms with E-state index in [-0.39, 0.29) is 0 Å². The molecule has 0 saturated carbocycles. The maximum Gasteiger partial charge on any atom is 0.171 e. The molecule has 4 nitrogen and oxygen atoms in total. The Morgan fingerprint density at radius 2 is 2.00 bits per heavy atom. The lowest BCUT2D eigenvalue weighted by Crippen LogP contribution is -1.95. The summed E-state index contributed by atoms with van der Waals surface area (Å²) in [5.41, 5.74) is 11.0. The second kappa shape index (κ2) is 5.33.